The van der Waals surface area contributed by atoms with Crippen LogP contribution in [0.4, 0.5) is 0 Å². The second-order valence-electron chi connectivity index (χ2n) is 5.80. The molecule has 0 spiro atoms. The minimum absolute atomic E-state index is 0.0726. The van der Waals surface area contributed by atoms with Crippen LogP contribution in [0.1, 0.15) is 29.4 Å². The summed E-state index contributed by atoms with van der Waals surface area (Å²) in [6.45, 7) is 4.88. The van der Waals surface area contributed by atoms with Crippen LogP contribution < -0.4 is 0 Å². The highest BCUT2D eigenvalue weighted by molar-refractivity contribution is 6.04. The molecule has 5 rings (SSSR count). The van der Waals surface area contributed by atoms with Gasteiger partial charge in [-0.05, 0) is 31.5 Å². The van der Waals surface area contributed by atoms with Crippen LogP contribution in [0.15, 0.2) is 35.9 Å². The number of hydrogen-bond acceptors (Lipinski definition) is 2. The molecule has 0 amide bonds. The van der Waals surface area contributed by atoms with E-state index in [0.717, 1.165) is 37.3 Å². The van der Waals surface area contributed by atoms with Crippen LogP contribution in [0.5, 0.6) is 0 Å². The number of aromatic amines is 1. The van der Waals surface area contributed by atoms with Gasteiger partial charge in [0.25, 0.3) is 0 Å². The molecule has 3 aliphatic heterocycles. The topological polar surface area (TPSA) is 36.1 Å². The molecule has 0 aliphatic carbocycles. The van der Waals surface area contributed by atoms with E-state index >= 15 is 0 Å². The summed E-state index contributed by atoms with van der Waals surface area (Å²) in [5.74, 6) is 0.354. The summed E-state index contributed by atoms with van der Waals surface area (Å²) in [5.41, 5.74) is 4.38. The van der Waals surface area contributed by atoms with E-state index in [2.05, 4.69) is 28.1 Å². The second-order valence-corrected chi connectivity index (χ2v) is 5.80. The summed E-state index contributed by atoms with van der Waals surface area (Å²) in [6, 6.07) is 8.24. The van der Waals surface area contributed by atoms with E-state index in [0.29, 0.717) is 0 Å². The highest BCUT2D eigenvalue weighted by Gasteiger charge is 2.35. The van der Waals surface area contributed by atoms with Gasteiger partial charge in [-0.3, -0.25) is 9.69 Å². The van der Waals surface area contributed by atoms with Crippen LogP contribution in [0.2, 0.25) is 0 Å². The fourth-order valence-electron chi connectivity index (χ4n) is 3.64. The predicted octanol–water partition coefficient (Wildman–Crippen LogP) is 3.13. The van der Waals surface area contributed by atoms with Gasteiger partial charge in [0.15, 0.2) is 5.78 Å². The molecular weight excluding hydrogens is 248 g/mol. The number of rotatable bonds is 0. The minimum Gasteiger partial charge on any atom is -0.352 e. The maximum atomic E-state index is 12.9. The molecule has 1 unspecified atom stereocenters. The molecule has 20 heavy (non-hydrogen) atoms. The normalized spacial score (nSPS) is 27.6. The van der Waals surface area contributed by atoms with Gasteiger partial charge in [0.1, 0.15) is 0 Å². The van der Waals surface area contributed by atoms with Gasteiger partial charge in [0.05, 0.1) is 5.69 Å². The number of piperidine rings is 1. The molecular formula is C17H18N2O. The van der Waals surface area contributed by atoms with E-state index in [9.17, 15) is 4.79 Å². The van der Waals surface area contributed by atoms with E-state index in [1.54, 1.807) is 0 Å². The molecule has 102 valence electrons. The Morgan fingerprint density at radius 1 is 1.30 bits per heavy atom. The molecule has 2 atom stereocenters. The van der Waals surface area contributed by atoms with Gasteiger partial charge < -0.3 is 4.98 Å². The molecule has 1 aromatic carbocycles. The third-order valence-corrected chi connectivity index (χ3v) is 4.72. The smallest absolute Gasteiger partial charge is 0.186 e. The summed E-state index contributed by atoms with van der Waals surface area (Å²) in [6.07, 6.45) is 3.08. The average Bonchev–Trinajstić information content (AvgIpc) is 2.83. The molecule has 2 aromatic rings. The molecule has 0 saturated carbocycles. The number of hydrogen-bond donors (Lipinski definition) is 1. The Morgan fingerprint density at radius 3 is 3.00 bits per heavy atom. The number of ketones is 1. The van der Waals surface area contributed by atoms with Gasteiger partial charge in [-0.15, -0.1) is 0 Å². The number of nitrogens with one attached hydrogen (secondary N) is 1. The van der Waals surface area contributed by atoms with Crippen LogP contribution in [-0.2, 0) is 6.54 Å². The van der Waals surface area contributed by atoms with Gasteiger partial charge in [-0.1, -0.05) is 24.3 Å². The fraction of sp³-hybridized carbons (Fsp3) is 0.353. The third-order valence-electron chi connectivity index (χ3n) is 4.72. The first-order valence-electron chi connectivity index (χ1n) is 7.29. The van der Waals surface area contributed by atoms with E-state index in [-0.39, 0.29) is 11.7 Å². The molecule has 4 heterocycles. The SMILES string of the molecule is CC=C1CN2CC[C@H]1C(=O)c1[nH]c3ccccc3c1C2. The quantitative estimate of drug-likeness (QED) is 0.744. The maximum absolute atomic E-state index is 12.9. The molecule has 3 heteroatoms. The first-order chi connectivity index (χ1) is 9.78. The zero-order valence-electron chi connectivity index (χ0n) is 11.6. The number of nitrogens with zero attached hydrogens (tertiary/aromatic N) is 1. The van der Waals surface area contributed by atoms with E-state index in [4.69, 9.17) is 0 Å². The Kier molecular flexibility index (Phi) is 2.57. The lowest BCUT2D eigenvalue weighted by atomic mass is 9.83. The van der Waals surface area contributed by atoms with Gasteiger partial charge in [0, 0.05) is 35.5 Å². The molecule has 3 aliphatic rings. The van der Waals surface area contributed by atoms with Crippen molar-refractivity contribution in [1.29, 1.82) is 0 Å². The van der Waals surface area contributed by atoms with Gasteiger partial charge in [0.2, 0.25) is 0 Å². The van der Waals surface area contributed by atoms with Crippen LogP contribution in [-0.4, -0.2) is 28.8 Å². The van der Waals surface area contributed by atoms with Gasteiger partial charge in [-0.25, -0.2) is 0 Å². The molecule has 3 nitrogen and oxygen atoms in total. The standard InChI is InChI=1S/C17H18N2O/c1-2-11-9-19-8-7-12(11)17(20)16-14(10-19)13-5-3-4-6-15(13)18-16/h2-6,12,18H,7-10H2,1H3/t12-/m1/s1. The lowest BCUT2D eigenvalue weighted by Gasteiger charge is -2.36. The van der Waals surface area contributed by atoms with Crippen molar-refractivity contribution < 1.29 is 4.79 Å². The Bertz CT molecular complexity index is 726. The number of aromatic nitrogens is 1. The molecule has 0 radical (unpaired) electrons. The number of benzene rings is 1. The van der Waals surface area contributed by atoms with Crippen LogP contribution >= 0.6 is 0 Å². The van der Waals surface area contributed by atoms with Crippen molar-refractivity contribution in [2.75, 3.05) is 13.1 Å². The summed E-state index contributed by atoms with van der Waals surface area (Å²) in [7, 11) is 0. The van der Waals surface area contributed by atoms with Crippen LogP contribution in [0.3, 0.4) is 0 Å². The van der Waals surface area contributed by atoms with Crippen molar-refractivity contribution in [2.24, 2.45) is 5.92 Å². The zero-order valence-corrected chi connectivity index (χ0v) is 11.6. The second kappa shape index (κ2) is 4.32. The number of Topliss-reactive ketones (excluding diaryl/α,β-unsaturated/α-hetero) is 1. The maximum Gasteiger partial charge on any atom is 0.186 e. The first-order valence-corrected chi connectivity index (χ1v) is 7.29. The average molecular weight is 266 g/mol. The lowest BCUT2D eigenvalue weighted by molar-refractivity contribution is 0.0875. The number of fused-ring (bicyclic) bond motifs is 3. The summed E-state index contributed by atoms with van der Waals surface area (Å²) in [5, 5.41) is 1.20. The Balaban J connectivity index is 1.95. The fourth-order valence-corrected chi connectivity index (χ4v) is 3.64. The van der Waals surface area contributed by atoms with E-state index < -0.39 is 0 Å². The molecule has 1 aromatic heterocycles. The molecule has 2 bridgehead atoms. The molecule has 1 saturated heterocycles. The van der Waals surface area contributed by atoms with Crippen molar-refractivity contribution in [3.63, 3.8) is 0 Å². The minimum atomic E-state index is 0.0726. The molecule has 1 N–H and O–H groups in total. The van der Waals surface area contributed by atoms with Crippen molar-refractivity contribution >= 4 is 16.7 Å². The number of para-hydroxylation sites is 1. The Hall–Kier alpha value is -1.87. The highest BCUT2D eigenvalue weighted by Crippen LogP contribution is 2.35. The molecule has 1 fully saturated rings. The first kappa shape index (κ1) is 11.9. The lowest BCUT2D eigenvalue weighted by Crippen LogP contribution is -2.40. The number of carbonyl (C=O) groups excluding carboxylic acids is 1. The van der Waals surface area contributed by atoms with Crippen molar-refractivity contribution in [1.82, 2.24) is 9.88 Å². The zero-order chi connectivity index (χ0) is 13.7. The Labute approximate surface area is 118 Å². The highest BCUT2D eigenvalue weighted by atomic mass is 16.1. The van der Waals surface area contributed by atoms with Crippen molar-refractivity contribution in [3.05, 3.63) is 47.2 Å². The number of H-pyrrole nitrogens is 1. The summed E-state index contributed by atoms with van der Waals surface area (Å²) >= 11 is 0. The third kappa shape index (κ3) is 1.59. The van der Waals surface area contributed by atoms with E-state index in [1.807, 2.05) is 19.1 Å². The largest absolute Gasteiger partial charge is 0.352 e. The van der Waals surface area contributed by atoms with Gasteiger partial charge in [-0.2, -0.15) is 0 Å². The van der Waals surface area contributed by atoms with Crippen LogP contribution in [0, 0.1) is 5.92 Å². The summed E-state index contributed by atoms with van der Waals surface area (Å²) < 4.78 is 0. The van der Waals surface area contributed by atoms with Crippen molar-refractivity contribution in [3.8, 4) is 0 Å². The van der Waals surface area contributed by atoms with Crippen LogP contribution in [0.25, 0.3) is 10.9 Å². The van der Waals surface area contributed by atoms with E-state index in [1.165, 1.54) is 16.5 Å². The summed E-state index contributed by atoms with van der Waals surface area (Å²) in [4.78, 5) is 18.7. The monoisotopic (exact) mass is 266 g/mol. The predicted molar refractivity (Wildman–Crippen MR) is 79.8 cm³/mol. The van der Waals surface area contributed by atoms with Crippen molar-refractivity contribution in [2.45, 2.75) is 19.9 Å². The number of allylic oxidation sites excluding steroid dienone is 1. The number of carbonyl (C=O) groups is 1. The Morgan fingerprint density at radius 2 is 2.15 bits per heavy atom. The van der Waals surface area contributed by atoms with Gasteiger partial charge >= 0.3 is 0 Å².